The van der Waals surface area contributed by atoms with E-state index >= 15 is 0 Å². The summed E-state index contributed by atoms with van der Waals surface area (Å²) in [5.41, 5.74) is 0. The first-order valence-corrected chi connectivity index (χ1v) is 5.51. The molecule has 1 unspecified atom stereocenters. The largest absolute Gasteiger partial charge is 0.382 e. The number of carbonyl (C=O) groups is 1. The number of amides is 1. The predicted molar refractivity (Wildman–Crippen MR) is 56.7 cm³/mol. The van der Waals surface area contributed by atoms with E-state index in [0.29, 0.717) is 26.4 Å². The van der Waals surface area contributed by atoms with Gasteiger partial charge in [0.1, 0.15) is 6.04 Å². The molecule has 2 N–H and O–H groups in total. The minimum absolute atomic E-state index is 0.0196. The Kier molecular flexibility index (Phi) is 6.31. The summed E-state index contributed by atoms with van der Waals surface area (Å²) in [6, 6.07) is -0.189. The van der Waals surface area contributed by atoms with E-state index in [2.05, 4.69) is 10.6 Å². The Morgan fingerprint density at radius 3 is 3.20 bits per heavy atom. The van der Waals surface area contributed by atoms with Crippen LogP contribution in [0.25, 0.3) is 0 Å². The van der Waals surface area contributed by atoms with Crippen LogP contribution in [0.3, 0.4) is 0 Å². The molecule has 0 bridgehead atoms. The molecule has 1 rings (SSSR count). The zero-order chi connectivity index (χ0) is 10.9. The number of morpholine rings is 1. The van der Waals surface area contributed by atoms with E-state index in [0.717, 1.165) is 19.6 Å². The summed E-state index contributed by atoms with van der Waals surface area (Å²) in [7, 11) is 0. The summed E-state index contributed by atoms with van der Waals surface area (Å²) in [4.78, 5) is 11.5. The Morgan fingerprint density at radius 1 is 1.67 bits per heavy atom. The smallest absolute Gasteiger partial charge is 0.239 e. The molecule has 1 atom stereocenters. The van der Waals surface area contributed by atoms with Crippen molar-refractivity contribution in [1.82, 2.24) is 10.6 Å². The van der Waals surface area contributed by atoms with Crippen molar-refractivity contribution in [2.45, 2.75) is 19.4 Å². The second-order valence-corrected chi connectivity index (χ2v) is 3.42. The maximum atomic E-state index is 11.5. The van der Waals surface area contributed by atoms with Crippen molar-refractivity contribution in [3.63, 3.8) is 0 Å². The van der Waals surface area contributed by atoms with Crippen LogP contribution >= 0.6 is 0 Å². The molecule has 0 aliphatic carbocycles. The van der Waals surface area contributed by atoms with Crippen LogP contribution < -0.4 is 10.6 Å². The van der Waals surface area contributed by atoms with Crippen LogP contribution in [0.5, 0.6) is 0 Å². The van der Waals surface area contributed by atoms with Crippen molar-refractivity contribution >= 4 is 5.91 Å². The number of hydrogen-bond acceptors (Lipinski definition) is 4. The number of ether oxygens (including phenoxy) is 2. The third kappa shape index (κ3) is 5.11. The summed E-state index contributed by atoms with van der Waals surface area (Å²) < 4.78 is 10.4. The molecule has 1 saturated heterocycles. The Morgan fingerprint density at radius 2 is 2.53 bits per heavy atom. The average Bonchev–Trinajstić information content (AvgIpc) is 2.30. The lowest BCUT2D eigenvalue weighted by Crippen LogP contribution is -2.51. The molecule has 15 heavy (non-hydrogen) atoms. The van der Waals surface area contributed by atoms with Gasteiger partial charge in [0.05, 0.1) is 13.2 Å². The molecule has 1 amide bonds. The SMILES string of the molecule is CCOCCCNC(=O)C1COCCN1. The molecular weight excluding hydrogens is 196 g/mol. The van der Waals surface area contributed by atoms with E-state index in [1.165, 1.54) is 0 Å². The first kappa shape index (κ1) is 12.4. The number of carbonyl (C=O) groups excluding carboxylic acids is 1. The monoisotopic (exact) mass is 216 g/mol. The molecular formula is C10H20N2O3. The molecule has 1 heterocycles. The summed E-state index contributed by atoms with van der Waals surface area (Å²) in [5, 5.41) is 5.95. The molecule has 5 nitrogen and oxygen atoms in total. The molecule has 0 radical (unpaired) electrons. The average molecular weight is 216 g/mol. The van der Waals surface area contributed by atoms with Crippen LogP contribution in [-0.4, -0.2) is 51.5 Å². The van der Waals surface area contributed by atoms with Gasteiger partial charge < -0.3 is 20.1 Å². The Hall–Kier alpha value is -0.650. The summed E-state index contributed by atoms with van der Waals surface area (Å²) in [6.45, 7) is 5.96. The van der Waals surface area contributed by atoms with Gasteiger partial charge in [-0.25, -0.2) is 0 Å². The minimum atomic E-state index is -0.189. The normalized spacial score (nSPS) is 21.3. The first-order chi connectivity index (χ1) is 7.34. The number of hydrogen-bond donors (Lipinski definition) is 2. The molecule has 1 aliphatic rings. The lowest BCUT2D eigenvalue weighted by Gasteiger charge is -2.22. The van der Waals surface area contributed by atoms with E-state index in [1.54, 1.807) is 0 Å². The molecule has 0 saturated carbocycles. The fourth-order valence-corrected chi connectivity index (χ4v) is 1.39. The lowest BCUT2D eigenvalue weighted by molar-refractivity contribution is -0.125. The van der Waals surface area contributed by atoms with Crippen molar-refractivity contribution in [3.8, 4) is 0 Å². The van der Waals surface area contributed by atoms with Gasteiger partial charge in [0.2, 0.25) is 5.91 Å². The van der Waals surface area contributed by atoms with E-state index in [-0.39, 0.29) is 11.9 Å². The van der Waals surface area contributed by atoms with E-state index in [4.69, 9.17) is 9.47 Å². The van der Waals surface area contributed by atoms with Gasteiger partial charge in [-0.2, -0.15) is 0 Å². The molecule has 5 heteroatoms. The third-order valence-corrected chi connectivity index (χ3v) is 2.21. The topological polar surface area (TPSA) is 59.6 Å². The summed E-state index contributed by atoms with van der Waals surface area (Å²) >= 11 is 0. The Bertz CT molecular complexity index is 182. The summed E-state index contributed by atoms with van der Waals surface area (Å²) in [6.07, 6.45) is 0.854. The van der Waals surface area contributed by atoms with Crippen LogP contribution in [-0.2, 0) is 14.3 Å². The van der Waals surface area contributed by atoms with Crippen molar-refractivity contribution in [2.75, 3.05) is 39.5 Å². The molecule has 0 aromatic rings. The van der Waals surface area contributed by atoms with Gasteiger partial charge >= 0.3 is 0 Å². The second kappa shape index (κ2) is 7.62. The quantitative estimate of drug-likeness (QED) is 0.589. The van der Waals surface area contributed by atoms with Crippen molar-refractivity contribution in [2.24, 2.45) is 0 Å². The standard InChI is InChI=1S/C10H20N2O3/c1-2-14-6-3-4-12-10(13)9-8-15-7-5-11-9/h9,11H,2-8H2,1H3,(H,12,13). The highest BCUT2D eigenvalue weighted by atomic mass is 16.5. The predicted octanol–water partition coefficient (Wildman–Crippen LogP) is -0.482. The van der Waals surface area contributed by atoms with Crippen LogP contribution in [0.15, 0.2) is 0 Å². The van der Waals surface area contributed by atoms with Crippen LogP contribution in [0.2, 0.25) is 0 Å². The van der Waals surface area contributed by atoms with E-state index in [9.17, 15) is 4.79 Å². The van der Waals surface area contributed by atoms with Crippen LogP contribution in [0, 0.1) is 0 Å². The molecule has 0 spiro atoms. The zero-order valence-corrected chi connectivity index (χ0v) is 9.25. The number of nitrogens with one attached hydrogen (secondary N) is 2. The molecule has 1 fully saturated rings. The van der Waals surface area contributed by atoms with Gasteiger partial charge in [-0.15, -0.1) is 0 Å². The number of rotatable bonds is 6. The Labute approximate surface area is 90.5 Å². The minimum Gasteiger partial charge on any atom is -0.382 e. The fourth-order valence-electron chi connectivity index (χ4n) is 1.39. The highest BCUT2D eigenvalue weighted by Gasteiger charge is 2.20. The van der Waals surface area contributed by atoms with E-state index < -0.39 is 0 Å². The first-order valence-electron chi connectivity index (χ1n) is 5.51. The van der Waals surface area contributed by atoms with E-state index in [1.807, 2.05) is 6.92 Å². The highest BCUT2D eigenvalue weighted by Crippen LogP contribution is 1.92. The van der Waals surface area contributed by atoms with Gasteiger partial charge in [0.15, 0.2) is 0 Å². The molecule has 0 aromatic carbocycles. The van der Waals surface area contributed by atoms with Gasteiger partial charge in [-0.1, -0.05) is 0 Å². The van der Waals surface area contributed by atoms with Crippen LogP contribution in [0.1, 0.15) is 13.3 Å². The summed E-state index contributed by atoms with van der Waals surface area (Å²) in [5.74, 6) is 0.0196. The van der Waals surface area contributed by atoms with Crippen LogP contribution in [0.4, 0.5) is 0 Å². The maximum Gasteiger partial charge on any atom is 0.239 e. The maximum absolute atomic E-state index is 11.5. The lowest BCUT2D eigenvalue weighted by atomic mass is 10.2. The molecule has 0 aromatic heterocycles. The fraction of sp³-hybridized carbons (Fsp3) is 0.900. The van der Waals surface area contributed by atoms with Gasteiger partial charge in [0.25, 0.3) is 0 Å². The third-order valence-electron chi connectivity index (χ3n) is 2.21. The zero-order valence-electron chi connectivity index (χ0n) is 9.25. The highest BCUT2D eigenvalue weighted by molar-refractivity contribution is 5.81. The van der Waals surface area contributed by atoms with Gasteiger partial charge in [-0.3, -0.25) is 4.79 Å². The second-order valence-electron chi connectivity index (χ2n) is 3.42. The van der Waals surface area contributed by atoms with Crippen molar-refractivity contribution < 1.29 is 14.3 Å². The van der Waals surface area contributed by atoms with Crippen molar-refractivity contribution in [3.05, 3.63) is 0 Å². The molecule has 1 aliphatic heterocycles. The van der Waals surface area contributed by atoms with Gasteiger partial charge in [-0.05, 0) is 13.3 Å². The van der Waals surface area contributed by atoms with Gasteiger partial charge in [0, 0.05) is 26.3 Å². The Balaban J connectivity index is 2.02. The molecule has 88 valence electrons. The van der Waals surface area contributed by atoms with Crippen molar-refractivity contribution in [1.29, 1.82) is 0 Å².